The molecule has 0 fully saturated rings. The first-order valence-corrected chi connectivity index (χ1v) is 6.47. The smallest absolute Gasteiger partial charge is 0.266 e. The third kappa shape index (κ3) is 2.85. The van der Waals surface area contributed by atoms with Crippen molar-refractivity contribution in [2.24, 2.45) is 0 Å². The molecule has 0 atom stereocenters. The molecule has 0 bridgehead atoms. The highest BCUT2D eigenvalue weighted by molar-refractivity contribution is 7.12. The lowest BCUT2D eigenvalue weighted by atomic mass is 10.3. The Kier molecular flexibility index (Phi) is 4.37. The van der Waals surface area contributed by atoms with Crippen LogP contribution in [-0.2, 0) is 0 Å². The Hall–Kier alpha value is -2.06. The highest BCUT2D eigenvalue weighted by atomic mass is 32.1. The van der Waals surface area contributed by atoms with Crippen molar-refractivity contribution in [3.8, 4) is 5.69 Å². The Morgan fingerprint density at radius 1 is 1.63 bits per heavy atom. The summed E-state index contributed by atoms with van der Waals surface area (Å²) >= 11 is 1.31. The monoisotopic (exact) mass is 279 g/mol. The van der Waals surface area contributed by atoms with Crippen molar-refractivity contribution in [2.75, 3.05) is 19.7 Å². The van der Waals surface area contributed by atoms with Crippen LogP contribution in [0.1, 0.15) is 9.67 Å². The number of nitrogens with zero attached hydrogens (tertiary/aromatic N) is 5. The van der Waals surface area contributed by atoms with Crippen molar-refractivity contribution in [3.63, 3.8) is 0 Å². The van der Waals surface area contributed by atoms with Gasteiger partial charge in [0.2, 0.25) is 0 Å². The first-order valence-electron chi connectivity index (χ1n) is 5.59. The molecule has 2 aromatic heterocycles. The van der Waals surface area contributed by atoms with Crippen LogP contribution in [0.5, 0.6) is 0 Å². The van der Waals surface area contributed by atoms with Gasteiger partial charge in [0.05, 0.1) is 12.3 Å². The van der Waals surface area contributed by atoms with E-state index in [2.05, 4.69) is 22.1 Å². The molecule has 0 aromatic carbocycles. The average Bonchev–Trinajstić information content (AvgIpc) is 3.07. The lowest BCUT2D eigenvalue weighted by Crippen LogP contribution is -2.33. The summed E-state index contributed by atoms with van der Waals surface area (Å²) in [5, 5.41) is 21.7. The number of thiophene rings is 1. The number of aromatic nitrogens is 4. The minimum atomic E-state index is -0.172. The highest BCUT2D eigenvalue weighted by Crippen LogP contribution is 2.21. The number of carbonyl (C=O) groups excluding carboxylic acids is 1. The first kappa shape index (κ1) is 13.4. The van der Waals surface area contributed by atoms with E-state index in [0.717, 1.165) is 0 Å². The highest BCUT2D eigenvalue weighted by Gasteiger charge is 2.20. The number of tetrazole rings is 1. The molecule has 0 spiro atoms. The Labute approximate surface area is 113 Å². The van der Waals surface area contributed by atoms with Gasteiger partial charge in [-0.25, -0.2) is 0 Å². The van der Waals surface area contributed by atoms with E-state index in [4.69, 9.17) is 5.11 Å². The summed E-state index contributed by atoms with van der Waals surface area (Å²) in [6.07, 6.45) is 3.06. The Morgan fingerprint density at radius 3 is 3.11 bits per heavy atom. The van der Waals surface area contributed by atoms with E-state index in [1.165, 1.54) is 27.2 Å². The molecule has 0 aliphatic heterocycles. The molecule has 0 unspecified atom stereocenters. The molecular formula is C11H13N5O2S. The number of carbonyl (C=O) groups is 1. The standard InChI is InChI=1S/C11H13N5O2S/c1-2-4-15(5-6-17)11(18)10-9(3-7-19-10)16-8-12-13-14-16/h2-3,7-8,17H,1,4-6H2. The molecule has 1 amide bonds. The maximum Gasteiger partial charge on any atom is 0.266 e. The van der Waals surface area contributed by atoms with Gasteiger partial charge in [0.1, 0.15) is 11.2 Å². The second kappa shape index (κ2) is 6.21. The van der Waals surface area contributed by atoms with Gasteiger partial charge in [-0.2, -0.15) is 4.68 Å². The van der Waals surface area contributed by atoms with Crippen molar-refractivity contribution in [1.29, 1.82) is 0 Å². The van der Waals surface area contributed by atoms with Gasteiger partial charge >= 0.3 is 0 Å². The normalized spacial score (nSPS) is 10.4. The van der Waals surface area contributed by atoms with E-state index < -0.39 is 0 Å². The van der Waals surface area contributed by atoms with Gasteiger partial charge in [-0.1, -0.05) is 6.08 Å². The fourth-order valence-corrected chi connectivity index (χ4v) is 2.46. The summed E-state index contributed by atoms with van der Waals surface area (Å²) in [7, 11) is 0. The molecule has 0 radical (unpaired) electrons. The minimum Gasteiger partial charge on any atom is -0.395 e. The number of hydrogen-bond donors (Lipinski definition) is 1. The summed E-state index contributed by atoms with van der Waals surface area (Å²) in [5.74, 6) is -0.172. The molecule has 100 valence electrons. The SMILES string of the molecule is C=CCN(CCO)C(=O)c1sccc1-n1cnnn1. The van der Waals surface area contributed by atoms with Crippen molar-refractivity contribution < 1.29 is 9.90 Å². The van der Waals surface area contributed by atoms with Crippen LogP contribution in [0.3, 0.4) is 0 Å². The zero-order valence-electron chi connectivity index (χ0n) is 10.1. The summed E-state index contributed by atoms with van der Waals surface area (Å²) in [6, 6.07) is 1.78. The quantitative estimate of drug-likeness (QED) is 0.771. The molecule has 0 saturated carbocycles. The van der Waals surface area contributed by atoms with Gasteiger partial charge in [0.25, 0.3) is 5.91 Å². The fraction of sp³-hybridized carbons (Fsp3) is 0.273. The molecule has 2 heterocycles. The molecule has 2 rings (SSSR count). The summed E-state index contributed by atoms with van der Waals surface area (Å²) < 4.78 is 1.44. The molecular weight excluding hydrogens is 266 g/mol. The third-order valence-corrected chi connectivity index (χ3v) is 3.33. The van der Waals surface area contributed by atoms with Crippen molar-refractivity contribution in [3.05, 3.63) is 35.3 Å². The van der Waals surface area contributed by atoms with Gasteiger partial charge in [0, 0.05) is 13.1 Å². The van der Waals surface area contributed by atoms with Crippen molar-refractivity contribution >= 4 is 17.2 Å². The molecule has 0 saturated heterocycles. The summed E-state index contributed by atoms with van der Waals surface area (Å²) in [5.41, 5.74) is 0.631. The van der Waals surface area contributed by atoms with E-state index in [1.807, 2.05) is 0 Å². The molecule has 7 nitrogen and oxygen atoms in total. The lowest BCUT2D eigenvalue weighted by Gasteiger charge is -2.19. The van der Waals surface area contributed by atoms with Gasteiger partial charge in [0.15, 0.2) is 0 Å². The Morgan fingerprint density at radius 2 is 2.47 bits per heavy atom. The fourth-order valence-electron chi connectivity index (χ4n) is 1.61. The van der Waals surface area contributed by atoms with Crippen molar-refractivity contribution in [2.45, 2.75) is 0 Å². The molecule has 1 N–H and O–H groups in total. The molecule has 8 heteroatoms. The topological polar surface area (TPSA) is 84.1 Å². The number of aliphatic hydroxyl groups is 1. The predicted molar refractivity (Wildman–Crippen MR) is 70.2 cm³/mol. The zero-order valence-corrected chi connectivity index (χ0v) is 11.0. The van der Waals surface area contributed by atoms with Crippen LogP contribution < -0.4 is 0 Å². The number of rotatable bonds is 6. The second-order valence-corrected chi connectivity index (χ2v) is 4.57. The number of hydrogen-bond acceptors (Lipinski definition) is 6. The van der Waals surface area contributed by atoms with Gasteiger partial charge in [-0.3, -0.25) is 4.79 Å². The minimum absolute atomic E-state index is 0.0921. The van der Waals surface area contributed by atoms with Gasteiger partial charge in [-0.05, 0) is 21.9 Å². The van der Waals surface area contributed by atoms with Crippen LogP contribution in [0.4, 0.5) is 0 Å². The van der Waals surface area contributed by atoms with E-state index in [9.17, 15) is 4.79 Å². The van der Waals surface area contributed by atoms with E-state index in [0.29, 0.717) is 17.1 Å². The van der Waals surface area contributed by atoms with Crippen LogP contribution in [0.25, 0.3) is 5.69 Å². The van der Waals surface area contributed by atoms with Gasteiger partial charge in [-0.15, -0.1) is 23.0 Å². The number of amides is 1. The summed E-state index contributed by atoms with van der Waals surface area (Å²) in [6.45, 7) is 4.16. The molecule has 0 aliphatic carbocycles. The molecule has 0 aliphatic rings. The summed E-state index contributed by atoms with van der Waals surface area (Å²) in [4.78, 5) is 14.4. The van der Waals surface area contributed by atoms with Crippen LogP contribution >= 0.6 is 11.3 Å². The van der Waals surface area contributed by atoms with Crippen LogP contribution in [0.2, 0.25) is 0 Å². The van der Waals surface area contributed by atoms with Gasteiger partial charge < -0.3 is 10.0 Å². The third-order valence-electron chi connectivity index (χ3n) is 2.44. The maximum absolute atomic E-state index is 12.4. The average molecular weight is 279 g/mol. The Bertz CT molecular complexity index is 551. The molecule has 2 aromatic rings. The van der Waals surface area contributed by atoms with Crippen LogP contribution in [-0.4, -0.2) is 55.8 Å². The maximum atomic E-state index is 12.4. The first-order chi connectivity index (χ1) is 9.27. The lowest BCUT2D eigenvalue weighted by molar-refractivity contribution is 0.0747. The van der Waals surface area contributed by atoms with Crippen LogP contribution in [0, 0.1) is 0 Å². The van der Waals surface area contributed by atoms with Crippen LogP contribution in [0.15, 0.2) is 30.4 Å². The second-order valence-electron chi connectivity index (χ2n) is 3.65. The Balaban J connectivity index is 2.28. The predicted octanol–water partition coefficient (Wildman–Crippen LogP) is 0.344. The zero-order chi connectivity index (χ0) is 13.7. The van der Waals surface area contributed by atoms with E-state index >= 15 is 0 Å². The van der Waals surface area contributed by atoms with E-state index in [-0.39, 0.29) is 19.1 Å². The molecule has 19 heavy (non-hydrogen) atoms. The van der Waals surface area contributed by atoms with E-state index in [1.54, 1.807) is 17.5 Å². The number of aliphatic hydroxyl groups excluding tert-OH is 1. The van der Waals surface area contributed by atoms with Crippen molar-refractivity contribution in [1.82, 2.24) is 25.1 Å². The largest absolute Gasteiger partial charge is 0.395 e.